The molecule has 1 aliphatic heterocycles. The van der Waals surface area contributed by atoms with Crippen molar-refractivity contribution < 1.29 is 4.74 Å². The van der Waals surface area contributed by atoms with E-state index in [1.807, 2.05) is 12.1 Å². The first-order valence-corrected chi connectivity index (χ1v) is 5.09. The maximum absolute atomic E-state index is 5.09. The Kier molecular flexibility index (Phi) is 2.99. The lowest BCUT2D eigenvalue weighted by atomic mass is 10.0. The molecule has 0 aliphatic carbocycles. The molecule has 1 aromatic heterocycles. The van der Waals surface area contributed by atoms with E-state index < -0.39 is 0 Å². The number of hydrogen-bond acceptors (Lipinski definition) is 3. The summed E-state index contributed by atoms with van der Waals surface area (Å²) in [4.78, 5) is 4.40. The van der Waals surface area contributed by atoms with Crippen LogP contribution in [-0.4, -0.2) is 25.2 Å². The summed E-state index contributed by atoms with van der Waals surface area (Å²) in [5, 5.41) is 3.36. The Morgan fingerprint density at radius 1 is 1.57 bits per heavy atom. The lowest BCUT2D eigenvalue weighted by Gasteiger charge is -2.08. The van der Waals surface area contributed by atoms with E-state index in [1.54, 1.807) is 7.11 Å². The molecule has 1 aliphatic rings. The van der Waals surface area contributed by atoms with Crippen LogP contribution in [0.4, 0.5) is 0 Å². The van der Waals surface area contributed by atoms with Crippen molar-refractivity contribution in [2.24, 2.45) is 5.92 Å². The highest BCUT2D eigenvalue weighted by Crippen LogP contribution is 2.15. The molecule has 3 nitrogen and oxygen atoms in total. The molecule has 3 heteroatoms. The van der Waals surface area contributed by atoms with Gasteiger partial charge in [0.15, 0.2) is 0 Å². The third kappa shape index (κ3) is 2.23. The van der Waals surface area contributed by atoms with E-state index >= 15 is 0 Å². The maximum Gasteiger partial charge on any atom is 0.213 e. The van der Waals surface area contributed by atoms with Crippen LogP contribution in [0.15, 0.2) is 18.2 Å². The Morgan fingerprint density at radius 3 is 3.21 bits per heavy atom. The molecule has 0 saturated carbocycles. The zero-order valence-corrected chi connectivity index (χ0v) is 8.49. The van der Waals surface area contributed by atoms with Crippen molar-refractivity contribution >= 4 is 0 Å². The lowest BCUT2D eigenvalue weighted by molar-refractivity contribution is 0.395. The smallest absolute Gasteiger partial charge is 0.213 e. The van der Waals surface area contributed by atoms with Crippen molar-refractivity contribution in [3.8, 4) is 5.88 Å². The predicted molar refractivity (Wildman–Crippen MR) is 55.5 cm³/mol. The van der Waals surface area contributed by atoms with Crippen molar-refractivity contribution in [2.75, 3.05) is 20.2 Å². The second-order valence-electron chi connectivity index (χ2n) is 3.73. The first-order chi connectivity index (χ1) is 6.88. The van der Waals surface area contributed by atoms with Crippen LogP contribution in [0.2, 0.25) is 0 Å². The standard InChI is InChI=1S/C11H16N2O/c1-14-11-4-2-3-10(13-11)7-9-5-6-12-8-9/h2-4,9,12H,5-8H2,1H3. The van der Waals surface area contributed by atoms with E-state index in [9.17, 15) is 0 Å². The second kappa shape index (κ2) is 4.42. The van der Waals surface area contributed by atoms with E-state index in [0.29, 0.717) is 5.88 Å². The van der Waals surface area contributed by atoms with Gasteiger partial charge in [-0.2, -0.15) is 0 Å². The summed E-state index contributed by atoms with van der Waals surface area (Å²) in [6.07, 6.45) is 2.32. The Bertz CT molecular complexity index is 295. The van der Waals surface area contributed by atoms with E-state index in [2.05, 4.69) is 16.4 Å². The Hall–Kier alpha value is -1.09. The van der Waals surface area contributed by atoms with Crippen LogP contribution in [0.5, 0.6) is 5.88 Å². The van der Waals surface area contributed by atoms with Gasteiger partial charge in [-0.25, -0.2) is 4.98 Å². The van der Waals surface area contributed by atoms with Gasteiger partial charge < -0.3 is 10.1 Å². The topological polar surface area (TPSA) is 34.1 Å². The van der Waals surface area contributed by atoms with Gasteiger partial charge in [0.2, 0.25) is 5.88 Å². The predicted octanol–water partition coefficient (Wildman–Crippen LogP) is 1.24. The summed E-state index contributed by atoms with van der Waals surface area (Å²) in [7, 11) is 1.66. The molecule has 1 saturated heterocycles. The number of rotatable bonds is 3. The highest BCUT2D eigenvalue weighted by molar-refractivity contribution is 5.16. The SMILES string of the molecule is COc1cccc(CC2CCNC2)n1. The van der Waals surface area contributed by atoms with Crippen LogP contribution in [0.1, 0.15) is 12.1 Å². The molecule has 1 atom stereocenters. The molecular weight excluding hydrogens is 176 g/mol. The summed E-state index contributed by atoms with van der Waals surface area (Å²) >= 11 is 0. The van der Waals surface area contributed by atoms with Crippen LogP contribution in [0, 0.1) is 5.92 Å². The third-order valence-electron chi connectivity index (χ3n) is 2.65. The minimum absolute atomic E-state index is 0.716. The van der Waals surface area contributed by atoms with Gasteiger partial charge in [-0.15, -0.1) is 0 Å². The minimum Gasteiger partial charge on any atom is -0.481 e. The van der Waals surface area contributed by atoms with Gasteiger partial charge in [-0.1, -0.05) is 6.07 Å². The molecular formula is C11H16N2O. The molecule has 0 radical (unpaired) electrons. The molecule has 1 N–H and O–H groups in total. The molecule has 2 heterocycles. The van der Waals surface area contributed by atoms with Gasteiger partial charge >= 0.3 is 0 Å². The van der Waals surface area contributed by atoms with Gasteiger partial charge in [-0.05, 0) is 37.9 Å². The molecule has 1 aromatic rings. The summed E-state index contributed by atoms with van der Waals surface area (Å²) < 4.78 is 5.09. The monoisotopic (exact) mass is 192 g/mol. The minimum atomic E-state index is 0.716. The highest BCUT2D eigenvalue weighted by Gasteiger charge is 2.15. The quantitative estimate of drug-likeness (QED) is 0.782. The highest BCUT2D eigenvalue weighted by atomic mass is 16.5. The summed E-state index contributed by atoms with van der Waals surface area (Å²) in [5.74, 6) is 1.46. The van der Waals surface area contributed by atoms with Crippen LogP contribution >= 0.6 is 0 Å². The molecule has 76 valence electrons. The first-order valence-electron chi connectivity index (χ1n) is 5.09. The van der Waals surface area contributed by atoms with Crippen molar-refractivity contribution in [3.63, 3.8) is 0 Å². The fraction of sp³-hybridized carbons (Fsp3) is 0.545. The second-order valence-corrected chi connectivity index (χ2v) is 3.73. The molecule has 0 aromatic carbocycles. The molecule has 14 heavy (non-hydrogen) atoms. The van der Waals surface area contributed by atoms with Gasteiger partial charge in [0.25, 0.3) is 0 Å². The number of hydrogen-bond donors (Lipinski definition) is 1. The Balaban J connectivity index is 2.00. The fourth-order valence-electron chi connectivity index (χ4n) is 1.87. The van der Waals surface area contributed by atoms with Gasteiger partial charge in [-0.3, -0.25) is 0 Å². The van der Waals surface area contributed by atoms with Crippen molar-refractivity contribution in [1.82, 2.24) is 10.3 Å². The average molecular weight is 192 g/mol. The van der Waals surface area contributed by atoms with Crippen LogP contribution in [0.3, 0.4) is 0 Å². The van der Waals surface area contributed by atoms with E-state index in [1.165, 1.54) is 6.42 Å². The van der Waals surface area contributed by atoms with Crippen molar-refractivity contribution in [3.05, 3.63) is 23.9 Å². The number of pyridine rings is 1. The van der Waals surface area contributed by atoms with Gasteiger partial charge in [0.1, 0.15) is 0 Å². The summed E-state index contributed by atoms with van der Waals surface area (Å²) in [6, 6.07) is 5.96. The summed E-state index contributed by atoms with van der Waals surface area (Å²) in [6.45, 7) is 2.27. The average Bonchev–Trinajstić information content (AvgIpc) is 2.71. The zero-order chi connectivity index (χ0) is 9.80. The lowest BCUT2D eigenvalue weighted by Crippen LogP contribution is -2.11. The van der Waals surface area contributed by atoms with Crippen LogP contribution in [0.25, 0.3) is 0 Å². The fourth-order valence-corrected chi connectivity index (χ4v) is 1.87. The van der Waals surface area contributed by atoms with E-state index in [0.717, 1.165) is 31.1 Å². The number of aromatic nitrogens is 1. The largest absolute Gasteiger partial charge is 0.481 e. The normalized spacial score (nSPS) is 21.1. The Morgan fingerprint density at radius 2 is 2.50 bits per heavy atom. The van der Waals surface area contributed by atoms with Crippen molar-refractivity contribution in [1.29, 1.82) is 0 Å². The molecule has 2 rings (SSSR count). The number of nitrogens with one attached hydrogen (secondary N) is 1. The van der Waals surface area contributed by atoms with Crippen LogP contribution < -0.4 is 10.1 Å². The summed E-state index contributed by atoms with van der Waals surface area (Å²) in [5.41, 5.74) is 1.14. The number of ether oxygens (including phenoxy) is 1. The first kappa shape index (κ1) is 9.46. The molecule has 0 bridgehead atoms. The molecule has 0 spiro atoms. The van der Waals surface area contributed by atoms with E-state index in [4.69, 9.17) is 4.74 Å². The third-order valence-corrected chi connectivity index (χ3v) is 2.65. The number of methoxy groups -OCH3 is 1. The number of nitrogens with zero attached hydrogens (tertiary/aromatic N) is 1. The maximum atomic E-state index is 5.09. The van der Waals surface area contributed by atoms with Gasteiger partial charge in [0, 0.05) is 11.8 Å². The van der Waals surface area contributed by atoms with E-state index in [-0.39, 0.29) is 0 Å². The van der Waals surface area contributed by atoms with Gasteiger partial charge in [0.05, 0.1) is 7.11 Å². The van der Waals surface area contributed by atoms with Crippen molar-refractivity contribution in [2.45, 2.75) is 12.8 Å². The molecule has 1 fully saturated rings. The van der Waals surface area contributed by atoms with Crippen LogP contribution in [-0.2, 0) is 6.42 Å². The molecule has 1 unspecified atom stereocenters. The Labute approximate surface area is 84.5 Å². The zero-order valence-electron chi connectivity index (χ0n) is 8.49. The molecule has 0 amide bonds.